The van der Waals surface area contributed by atoms with Crippen LogP contribution in [-0.4, -0.2) is 9.55 Å². The van der Waals surface area contributed by atoms with Crippen LogP contribution in [-0.2, 0) is 12.6 Å². The first-order valence-corrected chi connectivity index (χ1v) is 6.22. The van der Waals surface area contributed by atoms with Crippen molar-refractivity contribution in [3.05, 3.63) is 29.6 Å². The number of aryl methyl sites for hydroxylation is 1. The molecule has 17 heavy (non-hydrogen) atoms. The molecule has 1 aliphatic rings. The minimum Gasteiger partial charge on any atom is -0.331 e. The molecule has 2 aromatic rings. The van der Waals surface area contributed by atoms with Crippen LogP contribution in [0.3, 0.4) is 0 Å². The maximum Gasteiger partial charge on any atom is 0.112 e. The van der Waals surface area contributed by atoms with Gasteiger partial charge in [-0.25, -0.2) is 4.98 Å². The lowest BCUT2D eigenvalue weighted by atomic mass is 9.95. The molecule has 0 bridgehead atoms. The van der Waals surface area contributed by atoms with E-state index in [9.17, 15) is 0 Å². The van der Waals surface area contributed by atoms with Gasteiger partial charge in [0.15, 0.2) is 0 Å². The normalized spacial score (nSPS) is 16.7. The Morgan fingerprint density at radius 1 is 1.35 bits per heavy atom. The summed E-state index contributed by atoms with van der Waals surface area (Å²) in [6.45, 7) is 4.07. The topological polar surface area (TPSA) is 43.8 Å². The summed E-state index contributed by atoms with van der Waals surface area (Å²) in [4.78, 5) is 4.72. The van der Waals surface area contributed by atoms with Crippen molar-refractivity contribution in [1.82, 2.24) is 9.55 Å². The summed E-state index contributed by atoms with van der Waals surface area (Å²) in [6, 6.07) is 6.35. The molecular formula is C14H19N3. The van der Waals surface area contributed by atoms with E-state index in [0.717, 1.165) is 11.1 Å². The summed E-state index contributed by atoms with van der Waals surface area (Å²) < 4.78 is 2.22. The molecule has 90 valence electrons. The van der Waals surface area contributed by atoms with Gasteiger partial charge in [0.25, 0.3) is 0 Å². The second kappa shape index (κ2) is 3.33. The van der Waals surface area contributed by atoms with Crippen LogP contribution in [0.15, 0.2) is 18.2 Å². The van der Waals surface area contributed by atoms with Gasteiger partial charge < -0.3 is 10.3 Å². The number of rotatable bonds is 2. The van der Waals surface area contributed by atoms with Gasteiger partial charge in [0, 0.05) is 18.5 Å². The molecule has 0 atom stereocenters. The smallest absolute Gasteiger partial charge is 0.112 e. The van der Waals surface area contributed by atoms with E-state index in [4.69, 9.17) is 10.7 Å². The van der Waals surface area contributed by atoms with Crippen LogP contribution in [0.1, 0.15) is 44.0 Å². The fourth-order valence-electron chi connectivity index (χ4n) is 2.32. The zero-order valence-electron chi connectivity index (χ0n) is 10.7. The number of nitrogens with zero attached hydrogens (tertiary/aromatic N) is 2. The van der Waals surface area contributed by atoms with Gasteiger partial charge in [0.05, 0.1) is 11.0 Å². The van der Waals surface area contributed by atoms with Crippen LogP contribution in [0.2, 0.25) is 0 Å². The molecule has 1 aromatic carbocycles. The Morgan fingerprint density at radius 2 is 2.06 bits per heavy atom. The minimum atomic E-state index is -0.293. The molecule has 2 N–H and O–H groups in total. The summed E-state index contributed by atoms with van der Waals surface area (Å²) in [5.74, 6) is 1.91. The summed E-state index contributed by atoms with van der Waals surface area (Å²) in [6.07, 6.45) is 2.57. The van der Waals surface area contributed by atoms with Crippen LogP contribution < -0.4 is 5.73 Å². The largest absolute Gasteiger partial charge is 0.331 e. The zero-order valence-corrected chi connectivity index (χ0v) is 10.7. The van der Waals surface area contributed by atoms with Crippen LogP contribution >= 0.6 is 0 Å². The van der Waals surface area contributed by atoms with Gasteiger partial charge in [-0.1, -0.05) is 6.07 Å². The van der Waals surface area contributed by atoms with Crippen LogP contribution in [0.4, 0.5) is 0 Å². The third-order valence-electron chi connectivity index (χ3n) is 3.60. The van der Waals surface area contributed by atoms with E-state index in [1.54, 1.807) is 0 Å². The summed E-state index contributed by atoms with van der Waals surface area (Å²) in [5.41, 5.74) is 9.30. The lowest BCUT2D eigenvalue weighted by Gasteiger charge is -2.19. The predicted octanol–water partition coefficient (Wildman–Crippen LogP) is 2.64. The first kappa shape index (κ1) is 10.8. The van der Waals surface area contributed by atoms with E-state index in [2.05, 4.69) is 29.8 Å². The maximum absolute atomic E-state index is 6.15. The second-order valence-corrected chi connectivity index (χ2v) is 5.73. The van der Waals surface area contributed by atoms with Crippen LogP contribution in [0.25, 0.3) is 11.0 Å². The van der Waals surface area contributed by atoms with Crippen molar-refractivity contribution in [1.29, 1.82) is 0 Å². The van der Waals surface area contributed by atoms with Gasteiger partial charge in [-0.05, 0) is 44.4 Å². The van der Waals surface area contributed by atoms with Crippen molar-refractivity contribution < 1.29 is 0 Å². The monoisotopic (exact) mass is 229 g/mol. The number of hydrogen-bond acceptors (Lipinski definition) is 2. The molecule has 0 spiro atoms. The summed E-state index contributed by atoms with van der Waals surface area (Å²) in [5, 5.41) is 0. The molecule has 3 rings (SSSR count). The number of hydrogen-bond donors (Lipinski definition) is 1. The van der Waals surface area contributed by atoms with Gasteiger partial charge >= 0.3 is 0 Å². The highest BCUT2D eigenvalue weighted by atomic mass is 15.1. The molecule has 1 aliphatic carbocycles. The van der Waals surface area contributed by atoms with Gasteiger partial charge in [-0.2, -0.15) is 0 Å². The summed E-state index contributed by atoms with van der Waals surface area (Å²) in [7, 11) is 2.11. The van der Waals surface area contributed by atoms with Crippen LogP contribution in [0, 0.1) is 0 Å². The van der Waals surface area contributed by atoms with E-state index in [0.29, 0.717) is 5.92 Å². The van der Waals surface area contributed by atoms with Gasteiger partial charge in [-0.3, -0.25) is 0 Å². The average Bonchev–Trinajstić information content (AvgIpc) is 3.03. The molecule has 0 radical (unpaired) electrons. The molecule has 1 saturated carbocycles. The van der Waals surface area contributed by atoms with Crippen LogP contribution in [0.5, 0.6) is 0 Å². The van der Waals surface area contributed by atoms with E-state index in [-0.39, 0.29) is 5.54 Å². The Bertz CT molecular complexity index is 571. The Morgan fingerprint density at radius 3 is 2.65 bits per heavy atom. The first-order chi connectivity index (χ1) is 7.97. The Kier molecular flexibility index (Phi) is 2.11. The highest BCUT2D eigenvalue weighted by Crippen LogP contribution is 2.40. The average molecular weight is 229 g/mol. The fourth-order valence-corrected chi connectivity index (χ4v) is 2.32. The lowest BCUT2D eigenvalue weighted by molar-refractivity contribution is 0.555. The molecule has 1 fully saturated rings. The third kappa shape index (κ3) is 1.75. The van der Waals surface area contributed by atoms with Crippen molar-refractivity contribution in [2.24, 2.45) is 12.8 Å². The minimum absolute atomic E-state index is 0.293. The predicted molar refractivity (Wildman–Crippen MR) is 69.9 cm³/mol. The third-order valence-corrected chi connectivity index (χ3v) is 3.60. The SMILES string of the molecule is Cn1c(C2CC2)nc2ccc(C(C)(C)N)cc21. The van der Waals surface area contributed by atoms with Crippen molar-refractivity contribution in [3.8, 4) is 0 Å². The van der Waals surface area contributed by atoms with Crippen molar-refractivity contribution in [3.63, 3.8) is 0 Å². The Hall–Kier alpha value is -1.35. The zero-order chi connectivity index (χ0) is 12.2. The Labute approximate surface area is 102 Å². The highest BCUT2D eigenvalue weighted by Gasteiger charge is 2.28. The molecule has 0 aliphatic heterocycles. The quantitative estimate of drug-likeness (QED) is 0.860. The molecular weight excluding hydrogens is 210 g/mol. The van der Waals surface area contributed by atoms with E-state index < -0.39 is 0 Å². The molecule has 0 saturated heterocycles. The van der Waals surface area contributed by atoms with Gasteiger partial charge in [-0.15, -0.1) is 0 Å². The van der Waals surface area contributed by atoms with Crippen molar-refractivity contribution in [2.45, 2.75) is 38.1 Å². The van der Waals surface area contributed by atoms with Gasteiger partial charge in [0.2, 0.25) is 0 Å². The van der Waals surface area contributed by atoms with Gasteiger partial charge in [0.1, 0.15) is 5.82 Å². The molecule has 3 nitrogen and oxygen atoms in total. The molecule has 0 amide bonds. The first-order valence-electron chi connectivity index (χ1n) is 6.22. The van der Waals surface area contributed by atoms with E-state index in [1.165, 1.54) is 24.2 Å². The number of imidazole rings is 1. The molecule has 0 unspecified atom stereocenters. The molecule has 1 aromatic heterocycles. The molecule has 1 heterocycles. The van der Waals surface area contributed by atoms with Crippen molar-refractivity contribution >= 4 is 11.0 Å². The van der Waals surface area contributed by atoms with E-state index >= 15 is 0 Å². The summed E-state index contributed by atoms with van der Waals surface area (Å²) >= 11 is 0. The standard InChI is InChI=1S/C14H19N3/c1-14(2,15)10-6-7-11-12(8-10)17(3)13(16-11)9-4-5-9/h6-9H,4-5,15H2,1-3H3. The molecule has 3 heteroatoms. The number of fused-ring (bicyclic) bond motifs is 1. The number of benzene rings is 1. The fraction of sp³-hybridized carbons (Fsp3) is 0.500. The van der Waals surface area contributed by atoms with E-state index in [1.807, 2.05) is 13.8 Å². The number of nitrogens with two attached hydrogens (primary N) is 1. The lowest BCUT2D eigenvalue weighted by Crippen LogP contribution is -2.28. The number of aromatic nitrogens is 2. The second-order valence-electron chi connectivity index (χ2n) is 5.73. The maximum atomic E-state index is 6.15. The Balaban J connectivity index is 2.18. The highest BCUT2D eigenvalue weighted by molar-refractivity contribution is 5.77. The van der Waals surface area contributed by atoms with Crippen molar-refractivity contribution in [2.75, 3.05) is 0 Å².